The molecule has 3 aromatic rings. The quantitative estimate of drug-likeness (QED) is 0.208. The van der Waals surface area contributed by atoms with Crippen molar-refractivity contribution >= 4 is 57.9 Å². The average Bonchev–Trinajstić information content (AvgIpc) is 2.74. The van der Waals surface area contributed by atoms with Gasteiger partial charge in [-0.05, 0) is 71.0 Å². The molecule has 0 saturated heterocycles. The lowest BCUT2D eigenvalue weighted by Crippen LogP contribution is -2.17. The van der Waals surface area contributed by atoms with Crippen LogP contribution in [0.3, 0.4) is 0 Å². The standard InChI is InChI=1S/C23H19Cl2IN2O3/c1-14-3-5-15(6-4-14)13-31-22-18(24)9-16(10-19(22)25)12-27-28-23(29)17-7-8-20(26)21(11-17)30-2/h3-12H,13H2,1-2H3,(H,28,29)/b27-12-. The smallest absolute Gasteiger partial charge is 0.271 e. The van der Waals surface area contributed by atoms with Crippen LogP contribution in [0.25, 0.3) is 0 Å². The molecule has 0 heterocycles. The Bertz CT molecular complexity index is 1100. The summed E-state index contributed by atoms with van der Waals surface area (Å²) in [5.41, 5.74) is 5.73. The van der Waals surface area contributed by atoms with Crippen molar-refractivity contribution in [2.75, 3.05) is 7.11 Å². The van der Waals surface area contributed by atoms with E-state index in [1.165, 1.54) is 11.8 Å². The number of hydrogen-bond acceptors (Lipinski definition) is 4. The molecule has 0 aliphatic heterocycles. The van der Waals surface area contributed by atoms with Crippen molar-refractivity contribution in [1.82, 2.24) is 5.43 Å². The summed E-state index contributed by atoms with van der Waals surface area (Å²) in [7, 11) is 1.55. The van der Waals surface area contributed by atoms with Crippen LogP contribution in [-0.2, 0) is 6.61 Å². The molecule has 0 radical (unpaired) electrons. The maximum absolute atomic E-state index is 12.3. The Hall–Kier alpha value is -2.29. The van der Waals surface area contributed by atoms with E-state index in [-0.39, 0.29) is 5.91 Å². The first kappa shape index (κ1) is 23.4. The second kappa shape index (κ2) is 10.8. The van der Waals surface area contributed by atoms with E-state index in [9.17, 15) is 4.79 Å². The van der Waals surface area contributed by atoms with Gasteiger partial charge in [0.25, 0.3) is 5.91 Å². The lowest BCUT2D eigenvalue weighted by Gasteiger charge is -2.11. The number of rotatable bonds is 7. The Labute approximate surface area is 204 Å². The average molecular weight is 569 g/mol. The number of nitrogens with one attached hydrogen (secondary N) is 1. The highest BCUT2D eigenvalue weighted by atomic mass is 127. The number of aryl methyl sites for hydroxylation is 1. The second-order valence-electron chi connectivity index (χ2n) is 6.64. The van der Waals surface area contributed by atoms with Crippen molar-refractivity contribution in [3.05, 3.63) is 90.5 Å². The molecule has 5 nitrogen and oxygen atoms in total. The number of ether oxygens (including phenoxy) is 2. The molecule has 31 heavy (non-hydrogen) atoms. The van der Waals surface area contributed by atoms with Crippen LogP contribution in [0.1, 0.15) is 27.0 Å². The number of carbonyl (C=O) groups excluding carboxylic acids is 1. The maximum Gasteiger partial charge on any atom is 0.271 e. The lowest BCUT2D eigenvalue weighted by molar-refractivity contribution is 0.0954. The Morgan fingerprint density at radius 2 is 1.77 bits per heavy atom. The highest BCUT2D eigenvalue weighted by molar-refractivity contribution is 14.1. The zero-order chi connectivity index (χ0) is 22.4. The third kappa shape index (κ3) is 6.35. The highest BCUT2D eigenvalue weighted by Crippen LogP contribution is 2.34. The molecular weight excluding hydrogens is 550 g/mol. The fourth-order valence-electron chi connectivity index (χ4n) is 2.66. The predicted octanol–water partition coefficient (Wildman–Crippen LogP) is 6.26. The molecule has 0 aliphatic carbocycles. The van der Waals surface area contributed by atoms with Crippen LogP contribution in [0.2, 0.25) is 10.0 Å². The summed E-state index contributed by atoms with van der Waals surface area (Å²) < 4.78 is 11.9. The monoisotopic (exact) mass is 568 g/mol. The fraction of sp³-hybridized carbons (Fsp3) is 0.130. The Morgan fingerprint density at radius 1 is 1.10 bits per heavy atom. The van der Waals surface area contributed by atoms with Crippen molar-refractivity contribution in [3.63, 3.8) is 0 Å². The van der Waals surface area contributed by atoms with Crippen molar-refractivity contribution in [1.29, 1.82) is 0 Å². The molecule has 1 N–H and O–H groups in total. The SMILES string of the molecule is COc1cc(C(=O)N/N=C\c2cc(Cl)c(OCc3ccc(C)cc3)c(Cl)c2)ccc1I. The van der Waals surface area contributed by atoms with Crippen LogP contribution >= 0.6 is 45.8 Å². The third-order valence-electron chi connectivity index (χ3n) is 4.32. The number of benzene rings is 3. The zero-order valence-electron chi connectivity index (χ0n) is 16.8. The van der Waals surface area contributed by atoms with E-state index in [1.807, 2.05) is 31.2 Å². The normalized spacial score (nSPS) is 10.9. The number of carbonyl (C=O) groups is 1. The van der Waals surface area contributed by atoms with Crippen molar-refractivity contribution in [2.24, 2.45) is 5.10 Å². The summed E-state index contributed by atoms with van der Waals surface area (Å²) in [6, 6.07) is 16.5. The molecule has 160 valence electrons. The number of hydrazone groups is 1. The van der Waals surface area contributed by atoms with E-state index in [1.54, 1.807) is 37.4 Å². The fourth-order valence-corrected chi connectivity index (χ4v) is 3.83. The zero-order valence-corrected chi connectivity index (χ0v) is 20.5. The molecule has 1 amide bonds. The third-order valence-corrected chi connectivity index (χ3v) is 5.77. The highest BCUT2D eigenvalue weighted by Gasteiger charge is 2.11. The summed E-state index contributed by atoms with van der Waals surface area (Å²) in [5.74, 6) is 0.661. The predicted molar refractivity (Wildman–Crippen MR) is 133 cm³/mol. The van der Waals surface area contributed by atoms with Gasteiger partial charge in [-0.15, -0.1) is 0 Å². The Morgan fingerprint density at radius 3 is 2.42 bits per heavy atom. The van der Waals surface area contributed by atoms with Crippen LogP contribution < -0.4 is 14.9 Å². The summed E-state index contributed by atoms with van der Waals surface area (Å²) in [6.07, 6.45) is 1.46. The van der Waals surface area contributed by atoms with Gasteiger partial charge in [0.05, 0.1) is 26.9 Å². The number of nitrogens with zero attached hydrogens (tertiary/aromatic N) is 1. The molecule has 0 unspecified atom stereocenters. The van der Waals surface area contributed by atoms with Gasteiger partial charge in [0, 0.05) is 5.56 Å². The summed E-state index contributed by atoms with van der Waals surface area (Å²) in [5, 5.41) is 4.70. The molecule has 0 fully saturated rings. The lowest BCUT2D eigenvalue weighted by atomic mass is 10.2. The minimum absolute atomic E-state index is 0.350. The molecular formula is C23H19Cl2IN2O3. The molecule has 0 atom stereocenters. The van der Waals surface area contributed by atoms with Crippen LogP contribution in [-0.4, -0.2) is 19.2 Å². The van der Waals surface area contributed by atoms with Gasteiger partial charge in [-0.1, -0.05) is 53.0 Å². The van der Waals surface area contributed by atoms with E-state index >= 15 is 0 Å². The number of halogens is 3. The van der Waals surface area contributed by atoms with Gasteiger partial charge in [-0.25, -0.2) is 5.43 Å². The van der Waals surface area contributed by atoms with Gasteiger partial charge in [0.2, 0.25) is 0 Å². The molecule has 0 saturated carbocycles. The first-order valence-corrected chi connectivity index (χ1v) is 11.0. The number of amides is 1. The van der Waals surface area contributed by atoms with Gasteiger partial charge in [-0.3, -0.25) is 4.79 Å². The molecule has 3 rings (SSSR count). The number of methoxy groups -OCH3 is 1. The topological polar surface area (TPSA) is 59.9 Å². The Balaban J connectivity index is 1.64. The van der Waals surface area contributed by atoms with Crippen LogP contribution in [0, 0.1) is 10.5 Å². The Kier molecular flexibility index (Phi) is 8.17. The van der Waals surface area contributed by atoms with Gasteiger partial charge in [0.1, 0.15) is 12.4 Å². The van der Waals surface area contributed by atoms with E-state index < -0.39 is 0 Å². The van der Waals surface area contributed by atoms with Crippen molar-refractivity contribution < 1.29 is 14.3 Å². The minimum atomic E-state index is -0.360. The molecule has 8 heteroatoms. The molecule has 0 spiro atoms. The van der Waals surface area contributed by atoms with Crippen LogP contribution in [0.5, 0.6) is 11.5 Å². The van der Waals surface area contributed by atoms with Gasteiger partial charge in [-0.2, -0.15) is 5.10 Å². The van der Waals surface area contributed by atoms with E-state index in [0.717, 1.165) is 9.13 Å². The van der Waals surface area contributed by atoms with Crippen LogP contribution in [0.15, 0.2) is 59.7 Å². The van der Waals surface area contributed by atoms with Gasteiger partial charge in [0.15, 0.2) is 5.75 Å². The largest absolute Gasteiger partial charge is 0.496 e. The first-order valence-electron chi connectivity index (χ1n) is 9.21. The van der Waals surface area contributed by atoms with E-state index in [0.29, 0.717) is 39.3 Å². The summed E-state index contributed by atoms with van der Waals surface area (Å²) in [4.78, 5) is 12.3. The summed E-state index contributed by atoms with van der Waals surface area (Å²) >= 11 is 14.8. The van der Waals surface area contributed by atoms with Crippen molar-refractivity contribution in [2.45, 2.75) is 13.5 Å². The first-order chi connectivity index (χ1) is 14.9. The van der Waals surface area contributed by atoms with Crippen molar-refractivity contribution in [3.8, 4) is 11.5 Å². The minimum Gasteiger partial charge on any atom is -0.496 e. The second-order valence-corrected chi connectivity index (χ2v) is 8.61. The van der Waals surface area contributed by atoms with Crippen LogP contribution in [0.4, 0.5) is 0 Å². The maximum atomic E-state index is 12.3. The molecule has 0 aromatic heterocycles. The summed E-state index contributed by atoms with van der Waals surface area (Å²) in [6.45, 7) is 2.38. The van der Waals surface area contributed by atoms with E-state index in [4.69, 9.17) is 32.7 Å². The molecule has 3 aromatic carbocycles. The van der Waals surface area contributed by atoms with Gasteiger partial charge >= 0.3 is 0 Å². The molecule has 0 bridgehead atoms. The number of hydrogen-bond donors (Lipinski definition) is 1. The molecule has 0 aliphatic rings. The van der Waals surface area contributed by atoms with Gasteiger partial charge < -0.3 is 9.47 Å². The van der Waals surface area contributed by atoms with E-state index in [2.05, 4.69) is 33.1 Å².